The van der Waals surface area contributed by atoms with Gasteiger partial charge in [-0.3, -0.25) is 19.3 Å². The average molecular weight is 431 g/mol. The zero-order valence-corrected chi connectivity index (χ0v) is 17.3. The van der Waals surface area contributed by atoms with E-state index in [1.165, 1.54) is 26.2 Å². The zero-order chi connectivity index (χ0) is 22.0. The summed E-state index contributed by atoms with van der Waals surface area (Å²) in [6.07, 6.45) is 0. The van der Waals surface area contributed by atoms with Crippen LogP contribution in [0, 0.1) is 6.92 Å². The largest absolute Gasteiger partial charge is 0.495 e. The van der Waals surface area contributed by atoms with Crippen LogP contribution in [0.2, 0.25) is 5.02 Å². The van der Waals surface area contributed by atoms with Crippen molar-refractivity contribution in [3.8, 4) is 5.75 Å². The molecule has 3 amide bonds. The Bertz CT molecular complexity index is 1020. The predicted molar refractivity (Wildman–Crippen MR) is 109 cm³/mol. The number of aryl methyl sites for hydroxylation is 1. The molecule has 3 rings (SSSR count). The molecule has 0 fully saturated rings. The van der Waals surface area contributed by atoms with Crippen LogP contribution in [-0.4, -0.2) is 48.3 Å². The molecule has 8 nitrogen and oxygen atoms in total. The lowest BCUT2D eigenvalue weighted by Crippen LogP contribution is -2.44. The number of amides is 3. The molecule has 1 aliphatic heterocycles. The number of halogens is 1. The maximum atomic E-state index is 12.5. The fourth-order valence-corrected chi connectivity index (χ4v) is 3.19. The van der Waals surface area contributed by atoms with E-state index in [9.17, 15) is 19.2 Å². The first kappa shape index (κ1) is 21.3. The van der Waals surface area contributed by atoms with Gasteiger partial charge in [-0.1, -0.05) is 23.7 Å². The van der Waals surface area contributed by atoms with E-state index >= 15 is 0 Å². The molecule has 1 N–H and O–H groups in total. The normalized spacial score (nSPS) is 13.7. The number of fused-ring (bicyclic) bond motifs is 1. The molecule has 30 heavy (non-hydrogen) atoms. The number of rotatable bonds is 6. The molecule has 0 radical (unpaired) electrons. The van der Waals surface area contributed by atoms with E-state index in [-0.39, 0.29) is 11.1 Å². The van der Waals surface area contributed by atoms with Gasteiger partial charge in [0.2, 0.25) is 0 Å². The standard InChI is InChI=1S/C21H19ClN2O6/c1-11-8-16(17(29-3)9-15(11)22)23-18(25)10-30-21(28)12(2)24-19(26)13-6-4-5-7-14(13)20(24)27/h4-9,12H,10H2,1-3H3,(H,23,25). The summed E-state index contributed by atoms with van der Waals surface area (Å²) in [5.41, 5.74) is 1.55. The molecule has 0 aromatic heterocycles. The Morgan fingerprint density at radius 2 is 1.73 bits per heavy atom. The molecule has 2 aromatic carbocycles. The molecule has 1 atom stereocenters. The Morgan fingerprint density at radius 3 is 2.30 bits per heavy atom. The minimum Gasteiger partial charge on any atom is -0.495 e. The first-order valence-corrected chi connectivity index (χ1v) is 9.40. The second kappa shape index (κ2) is 8.54. The van der Waals surface area contributed by atoms with Gasteiger partial charge >= 0.3 is 5.97 Å². The molecule has 0 bridgehead atoms. The summed E-state index contributed by atoms with van der Waals surface area (Å²) >= 11 is 6.04. The van der Waals surface area contributed by atoms with Gasteiger partial charge in [-0.25, -0.2) is 4.79 Å². The van der Waals surface area contributed by atoms with Crippen molar-refractivity contribution in [3.05, 3.63) is 58.1 Å². The number of methoxy groups -OCH3 is 1. The van der Waals surface area contributed by atoms with Gasteiger partial charge in [0, 0.05) is 11.1 Å². The Hall–Kier alpha value is -3.39. The number of esters is 1. The van der Waals surface area contributed by atoms with E-state index in [0.717, 1.165) is 10.5 Å². The molecule has 156 valence electrons. The second-order valence-electron chi connectivity index (χ2n) is 6.66. The van der Waals surface area contributed by atoms with Crippen molar-refractivity contribution in [1.29, 1.82) is 0 Å². The molecule has 0 saturated heterocycles. The first-order chi connectivity index (χ1) is 14.2. The SMILES string of the molecule is COc1cc(Cl)c(C)cc1NC(=O)COC(=O)C(C)N1C(=O)c2ccccc2C1=O. The number of nitrogens with zero attached hydrogens (tertiary/aromatic N) is 1. The van der Waals surface area contributed by atoms with Gasteiger partial charge in [0.15, 0.2) is 6.61 Å². The van der Waals surface area contributed by atoms with E-state index in [1.807, 2.05) is 0 Å². The Balaban J connectivity index is 1.62. The molecule has 1 heterocycles. The highest BCUT2D eigenvalue weighted by atomic mass is 35.5. The summed E-state index contributed by atoms with van der Waals surface area (Å²) in [5.74, 6) is -2.29. The minimum absolute atomic E-state index is 0.227. The topological polar surface area (TPSA) is 102 Å². The fourth-order valence-electron chi connectivity index (χ4n) is 3.04. The van der Waals surface area contributed by atoms with Crippen LogP contribution in [-0.2, 0) is 14.3 Å². The highest BCUT2D eigenvalue weighted by molar-refractivity contribution is 6.31. The van der Waals surface area contributed by atoms with Gasteiger partial charge in [0.25, 0.3) is 17.7 Å². The number of ether oxygens (including phenoxy) is 2. The van der Waals surface area contributed by atoms with Crippen LogP contribution in [0.25, 0.3) is 0 Å². The van der Waals surface area contributed by atoms with Crippen molar-refractivity contribution < 1.29 is 28.7 Å². The van der Waals surface area contributed by atoms with E-state index < -0.39 is 36.3 Å². The summed E-state index contributed by atoms with van der Waals surface area (Å²) in [5, 5.41) is 3.06. The van der Waals surface area contributed by atoms with Crippen LogP contribution < -0.4 is 10.1 Å². The predicted octanol–water partition coefficient (Wildman–Crippen LogP) is 2.82. The van der Waals surface area contributed by atoms with E-state index in [2.05, 4.69) is 5.32 Å². The fraction of sp³-hybridized carbons (Fsp3) is 0.238. The summed E-state index contributed by atoms with van der Waals surface area (Å²) in [6, 6.07) is 8.30. The first-order valence-electron chi connectivity index (χ1n) is 9.02. The zero-order valence-electron chi connectivity index (χ0n) is 16.5. The summed E-state index contributed by atoms with van der Waals surface area (Å²) in [6.45, 7) is 2.53. The number of imide groups is 1. The van der Waals surface area contributed by atoms with Crippen LogP contribution >= 0.6 is 11.6 Å². The Labute approximate surface area is 177 Å². The molecule has 9 heteroatoms. The lowest BCUT2D eigenvalue weighted by atomic mass is 10.1. The molecule has 0 spiro atoms. The molecule has 1 unspecified atom stereocenters. The maximum absolute atomic E-state index is 12.5. The van der Waals surface area contributed by atoms with Gasteiger partial charge in [0.05, 0.1) is 23.9 Å². The molecule has 2 aromatic rings. The smallest absolute Gasteiger partial charge is 0.329 e. The quantitative estimate of drug-likeness (QED) is 0.558. The third-order valence-corrected chi connectivity index (χ3v) is 5.06. The third-order valence-electron chi connectivity index (χ3n) is 4.65. The van der Waals surface area contributed by atoms with E-state index in [0.29, 0.717) is 16.5 Å². The van der Waals surface area contributed by atoms with Gasteiger partial charge in [-0.2, -0.15) is 0 Å². The summed E-state index contributed by atoms with van der Waals surface area (Å²) in [7, 11) is 1.43. The van der Waals surface area contributed by atoms with Crippen molar-refractivity contribution in [2.75, 3.05) is 19.0 Å². The number of nitrogens with one attached hydrogen (secondary N) is 1. The van der Waals surface area contributed by atoms with Gasteiger partial charge in [0.1, 0.15) is 11.8 Å². The van der Waals surface area contributed by atoms with Crippen molar-refractivity contribution in [2.45, 2.75) is 19.9 Å². The van der Waals surface area contributed by atoms with Crippen molar-refractivity contribution in [1.82, 2.24) is 4.90 Å². The summed E-state index contributed by atoms with van der Waals surface area (Å²) < 4.78 is 10.2. The lowest BCUT2D eigenvalue weighted by molar-refractivity contribution is -0.150. The number of anilines is 1. The maximum Gasteiger partial charge on any atom is 0.329 e. The number of carbonyl (C=O) groups excluding carboxylic acids is 4. The lowest BCUT2D eigenvalue weighted by Gasteiger charge is -2.20. The second-order valence-corrected chi connectivity index (χ2v) is 7.07. The van der Waals surface area contributed by atoms with Gasteiger partial charge < -0.3 is 14.8 Å². The minimum atomic E-state index is -1.18. The highest BCUT2D eigenvalue weighted by Gasteiger charge is 2.41. The van der Waals surface area contributed by atoms with Crippen molar-refractivity contribution >= 4 is 41.0 Å². The van der Waals surface area contributed by atoms with Crippen molar-refractivity contribution in [2.24, 2.45) is 0 Å². The third kappa shape index (κ3) is 3.99. The number of hydrogen-bond acceptors (Lipinski definition) is 6. The van der Waals surface area contributed by atoms with Gasteiger partial charge in [-0.05, 0) is 37.6 Å². The van der Waals surface area contributed by atoms with Crippen LogP contribution in [0.5, 0.6) is 5.75 Å². The van der Waals surface area contributed by atoms with Crippen LogP contribution in [0.15, 0.2) is 36.4 Å². The Kier molecular flexibility index (Phi) is 6.07. The van der Waals surface area contributed by atoms with Gasteiger partial charge in [-0.15, -0.1) is 0 Å². The van der Waals surface area contributed by atoms with Crippen LogP contribution in [0.1, 0.15) is 33.2 Å². The molecular weight excluding hydrogens is 412 g/mol. The number of carbonyl (C=O) groups is 4. The summed E-state index contributed by atoms with van der Waals surface area (Å²) in [4.78, 5) is 50.3. The van der Waals surface area contributed by atoms with Crippen LogP contribution in [0.3, 0.4) is 0 Å². The molecule has 0 aliphatic carbocycles. The van der Waals surface area contributed by atoms with Crippen molar-refractivity contribution in [3.63, 3.8) is 0 Å². The average Bonchev–Trinajstić information content (AvgIpc) is 2.98. The highest BCUT2D eigenvalue weighted by Crippen LogP contribution is 2.31. The van der Waals surface area contributed by atoms with Crippen LogP contribution in [0.4, 0.5) is 5.69 Å². The molecular formula is C21H19ClN2O6. The molecule has 0 saturated carbocycles. The van der Waals surface area contributed by atoms with E-state index in [4.69, 9.17) is 21.1 Å². The number of benzene rings is 2. The number of hydrogen-bond donors (Lipinski definition) is 1. The monoisotopic (exact) mass is 430 g/mol. The molecule has 1 aliphatic rings. The Morgan fingerprint density at radius 1 is 1.13 bits per heavy atom. The van der Waals surface area contributed by atoms with E-state index in [1.54, 1.807) is 31.2 Å².